The minimum absolute atomic E-state index is 0.230. The van der Waals surface area contributed by atoms with Gasteiger partial charge in [0.05, 0.1) is 17.6 Å². The first-order chi connectivity index (χ1) is 11.1. The Balaban J connectivity index is 1.88. The molecule has 0 radical (unpaired) electrons. The maximum Gasteiger partial charge on any atom is 0.141 e. The van der Waals surface area contributed by atoms with Gasteiger partial charge < -0.3 is 19.9 Å². The highest BCUT2D eigenvalue weighted by Gasteiger charge is 2.35. The zero-order valence-corrected chi connectivity index (χ0v) is 12.7. The molecule has 3 aromatic rings. The monoisotopic (exact) mass is 310 g/mol. The fourth-order valence-electron chi connectivity index (χ4n) is 3.29. The molecule has 5 nitrogen and oxygen atoms in total. The maximum atomic E-state index is 10.1. The second kappa shape index (κ2) is 5.16. The molecule has 1 aromatic heterocycles. The molecule has 0 bridgehead atoms. The van der Waals surface area contributed by atoms with Crippen LogP contribution in [0.2, 0.25) is 0 Å². The van der Waals surface area contributed by atoms with E-state index in [-0.39, 0.29) is 6.54 Å². The molecule has 4 rings (SSSR count). The Kier molecular flexibility index (Phi) is 3.23. The fourth-order valence-corrected chi connectivity index (χ4v) is 3.29. The van der Waals surface area contributed by atoms with Crippen molar-refractivity contribution in [3.05, 3.63) is 53.9 Å². The lowest BCUT2D eigenvalue weighted by atomic mass is 10.0. The van der Waals surface area contributed by atoms with Crippen LogP contribution in [0.15, 0.2) is 42.5 Å². The molecule has 3 N–H and O–H groups in total. The van der Waals surface area contributed by atoms with E-state index in [1.54, 1.807) is 4.57 Å². The first-order valence-corrected chi connectivity index (χ1v) is 7.66. The molecular formula is C18H18N2O3. The van der Waals surface area contributed by atoms with Crippen molar-refractivity contribution in [3.8, 4) is 11.1 Å². The van der Waals surface area contributed by atoms with Gasteiger partial charge in [0.1, 0.15) is 24.1 Å². The highest BCUT2D eigenvalue weighted by Crippen LogP contribution is 2.32. The third-order valence-corrected chi connectivity index (χ3v) is 4.59. The van der Waals surface area contributed by atoms with E-state index in [1.165, 1.54) is 5.56 Å². The van der Waals surface area contributed by atoms with Gasteiger partial charge in [-0.3, -0.25) is 0 Å². The molecule has 0 aliphatic carbocycles. The first kappa shape index (κ1) is 14.4. The molecule has 23 heavy (non-hydrogen) atoms. The second-order valence-corrected chi connectivity index (χ2v) is 6.10. The number of hydrogen-bond donors (Lipinski definition) is 3. The average molecular weight is 310 g/mol. The molecule has 3 atom stereocenters. The highest BCUT2D eigenvalue weighted by atomic mass is 16.4. The van der Waals surface area contributed by atoms with E-state index in [4.69, 9.17) is 0 Å². The van der Waals surface area contributed by atoms with Crippen LogP contribution in [0.5, 0.6) is 0 Å². The van der Waals surface area contributed by atoms with Crippen molar-refractivity contribution in [2.75, 3.05) is 0 Å². The minimum atomic E-state index is -1.20. The van der Waals surface area contributed by atoms with Gasteiger partial charge in [0.2, 0.25) is 0 Å². The number of fused-ring (bicyclic) bond motifs is 3. The molecule has 118 valence electrons. The van der Waals surface area contributed by atoms with Crippen LogP contribution in [-0.2, 0) is 6.54 Å². The minimum Gasteiger partial charge on any atom is -0.388 e. The summed E-state index contributed by atoms with van der Waals surface area (Å²) < 4.78 is 1.78. The van der Waals surface area contributed by atoms with Gasteiger partial charge in [-0.25, -0.2) is 4.98 Å². The van der Waals surface area contributed by atoms with Crippen molar-refractivity contribution in [1.29, 1.82) is 0 Å². The lowest BCUT2D eigenvalue weighted by molar-refractivity contribution is -0.0846. The standard InChI is InChI=1S/C18H18N2O3/c1-10-4-2-3-5-12(10)11-6-7-14-13(8-11)19-18-17(23)16(22)15(21)9-20(14)18/h2-8,15-17,21-23H,9H2,1H3/t15-,16-,17-/m1/s1. The van der Waals surface area contributed by atoms with Crippen molar-refractivity contribution in [2.24, 2.45) is 0 Å². The van der Waals surface area contributed by atoms with Crippen LogP contribution in [-0.4, -0.2) is 37.1 Å². The van der Waals surface area contributed by atoms with Crippen LogP contribution in [0, 0.1) is 6.92 Å². The number of imidazole rings is 1. The van der Waals surface area contributed by atoms with Crippen molar-refractivity contribution in [1.82, 2.24) is 9.55 Å². The molecule has 0 saturated carbocycles. The number of aromatic nitrogens is 2. The van der Waals surface area contributed by atoms with Gasteiger partial charge in [0.15, 0.2) is 0 Å². The molecule has 0 saturated heterocycles. The zero-order valence-electron chi connectivity index (χ0n) is 12.7. The molecule has 0 spiro atoms. The third-order valence-electron chi connectivity index (χ3n) is 4.59. The van der Waals surface area contributed by atoms with Gasteiger partial charge in [-0.2, -0.15) is 0 Å². The van der Waals surface area contributed by atoms with E-state index in [0.29, 0.717) is 5.82 Å². The quantitative estimate of drug-likeness (QED) is 0.640. The molecule has 2 aromatic carbocycles. The number of benzene rings is 2. The van der Waals surface area contributed by atoms with Gasteiger partial charge in [0.25, 0.3) is 0 Å². The summed E-state index contributed by atoms with van der Waals surface area (Å²) >= 11 is 0. The van der Waals surface area contributed by atoms with Crippen molar-refractivity contribution in [3.63, 3.8) is 0 Å². The number of aliphatic hydroxyl groups is 3. The van der Waals surface area contributed by atoms with Crippen LogP contribution in [0.1, 0.15) is 17.5 Å². The van der Waals surface area contributed by atoms with Crippen LogP contribution >= 0.6 is 0 Å². The molecule has 0 unspecified atom stereocenters. The Hall–Kier alpha value is -2.21. The smallest absolute Gasteiger partial charge is 0.141 e. The van der Waals surface area contributed by atoms with Crippen molar-refractivity contribution < 1.29 is 15.3 Å². The molecule has 2 heterocycles. The Bertz CT molecular complexity index is 887. The summed E-state index contributed by atoms with van der Waals surface area (Å²) in [5.41, 5.74) is 4.98. The third kappa shape index (κ3) is 2.16. The van der Waals surface area contributed by atoms with E-state index >= 15 is 0 Å². The van der Waals surface area contributed by atoms with Gasteiger partial charge in [0, 0.05) is 0 Å². The van der Waals surface area contributed by atoms with Gasteiger partial charge in [-0.15, -0.1) is 0 Å². The summed E-state index contributed by atoms with van der Waals surface area (Å²) in [6, 6.07) is 14.1. The SMILES string of the molecule is Cc1ccccc1-c1ccc2c(c1)nc1n2C[C@@H](O)[C@@H](O)[C@H]1O. The van der Waals surface area contributed by atoms with E-state index < -0.39 is 18.3 Å². The maximum absolute atomic E-state index is 10.1. The summed E-state index contributed by atoms with van der Waals surface area (Å²) in [5, 5.41) is 29.9. The Morgan fingerprint density at radius 3 is 2.65 bits per heavy atom. The largest absolute Gasteiger partial charge is 0.388 e. The summed E-state index contributed by atoms with van der Waals surface area (Å²) in [6.07, 6.45) is -3.37. The summed E-state index contributed by atoms with van der Waals surface area (Å²) in [7, 11) is 0. The fraction of sp³-hybridized carbons (Fsp3) is 0.278. The number of aryl methyl sites for hydroxylation is 1. The van der Waals surface area contributed by atoms with Gasteiger partial charge in [-0.1, -0.05) is 30.3 Å². The average Bonchev–Trinajstić information content (AvgIpc) is 2.91. The molecule has 0 amide bonds. The predicted octanol–water partition coefficient (Wildman–Crippen LogP) is 1.78. The molecule has 1 aliphatic rings. The van der Waals surface area contributed by atoms with E-state index in [1.807, 2.05) is 30.3 Å². The number of hydrogen-bond acceptors (Lipinski definition) is 4. The number of rotatable bonds is 1. The van der Waals surface area contributed by atoms with Crippen molar-refractivity contribution in [2.45, 2.75) is 31.8 Å². The summed E-state index contributed by atoms with van der Waals surface area (Å²) in [4.78, 5) is 4.48. The summed E-state index contributed by atoms with van der Waals surface area (Å²) in [6.45, 7) is 2.29. The van der Waals surface area contributed by atoms with Crippen LogP contribution < -0.4 is 0 Å². The van der Waals surface area contributed by atoms with Crippen LogP contribution in [0.3, 0.4) is 0 Å². The van der Waals surface area contributed by atoms with Crippen LogP contribution in [0.25, 0.3) is 22.2 Å². The van der Waals surface area contributed by atoms with Gasteiger partial charge >= 0.3 is 0 Å². The molecular weight excluding hydrogens is 292 g/mol. The Morgan fingerprint density at radius 2 is 1.87 bits per heavy atom. The van der Waals surface area contributed by atoms with E-state index in [2.05, 4.69) is 24.0 Å². The highest BCUT2D eigenvalue weighted by molar-refractivity contribution is 5.83. The second-order valence-electron chi connectivity index (χ2n) is 6.10. The lowest BCUT2D eigenvalue weighted by Crippen LogP contribution is -2.41. The molecule has 5 heteroatoms. The zero-order chi connectivity index (χ0) is 16.1. The topological polar surface area (TPSA) is 78.5 Å². The van der Waals surface area contributed by atoms with E-state index in [9.17, 15) is 15.3 Å². The number of nitrogens with zero attached hydrogens (tertiary/aromatic N) is 2. The van der Waals surface area contributed by atoms with Crippen molar-refractivity contribution >= 4 is 11.0 Å². The normalized spacial score (nSPS) is 23.9. The number of aliphatic hydroxyl groups excluding tert-OH is 3. The summed E-state index contributed by atoms with van der Waals surface area (Å²) in [5.74, 6) is 0.403. The first-order valence-electron chi connectivity index (χ1n) is 7.66. The Morgan fingerprint density at radius 1 is 1.09 bits per heavy atom. The molecule has 0 fully saturated rings. The van der Waals surface area contributed by atoms with Gasteiger partial charge in [-0.05, 0) is 35.7 Å². The molecule has 1 aliphatic heterocycles. The lowest BCUT2D eigenvalue weighted by Gasteiger charge is -2.29. The van der Waals surface area contributed by atoms with E-state index in [0.717, 1.165) is 22.2 Å². The predicted molar refractivity (Wildman–Crippen MR) is 86.9 cm³/mol. The Labute approximate surface area is 133 Å². The van der Waals surface area contributed by atoms with Crippen LogP contribution in [0.4, 0.5) is 0 Å².